The van der Waals surface area contributed by atoms with Gasteiger partial charge >= 0.3 is 0 Å². The Morgan fingerprint density at radius 1 is 1.23 bits per heavy atom. The number of aromatic hydroxyl groups is 1. The molecule has 0 spiro atoms. The molecular formula is C21H21ClN2O2. The number of carbonyl (C=O) groups is 1. The van der Waals surface area contributed by atoms with Crippen LogP contribution in [-0.2, 0) is 11.2 Å². The van der Waals surface area contributed by atoms with Crippen LogP contribution >= 0.6 is 11.6 Å². The number of hydrogen-bond donors (Lipinski definition) is 2. The van der Waals surface area contributed by atoms with Gasteiger partial charge in [0.25, 0.3) is 0 Å². The number of phenols is 1. The minimum absolute atomic E-state index is 0.0623. The zero-order chi connectivity index (χ0) is 18.8. The predicted octanol–water partition coefficient (Wildman–Crippen LogP) is 4.64. The topological polar surface area (TPSA) is 62.2 Å². The first-order valence-corrected chi connectivity index (χ1v) is 8.90. The summed E-state index contributed by atoms with van der Waals surface area (Å²) in [6.07, 6.45) is 0.213. The van der Waals surface area contributed by atoms with Gasteiger partial charge in [0.2, 0.25) is 5.91 Å². The number of phenolic OH excluding ortho intramolecular Hbond substituents is 1. The lowest BCUT2D eigenvalue weighted by Gasteiger charge is -2.16. The smallest absolute Gasteiger partial charge is 0.224 e. The number of benzene rings is 2. The van der Waals surface area contributed by atoms with Crippen LogP contribution in [0.3, 0.4) is 0 Å². The minimum atomic E-state index is -0.0623. The second-order valence-corrected chi connectivity index (χ2v) is 7.11. The molecule has 0 atom stereocenters. The highest BCUT2D eigenvalue weighted by atomic mass is 35.5. The van der Waals surface area contributed by atoms with E-state index >= 15 is 0 Å². The Kier molecular flexibility index (Phi) is 5.14. The third-order valence-corrected chi connectivity index (χ3v) is 4.48. The van der Waals surface area contributed by atoms with E-state index in [1.54, 1.807) is 18.2 Å². The van der Waals surface area contributed by atoms with Crippen molar-refractivity contribution in [1.82, 2.24) is 10.3 Å². The molecule has 0 aliphatic rings. The maximum atomic E-state index is 12.4. The molecule has 0 aliphatic carbocycles. The Morgan fingerprint density at radius 3 is 2.69 bits per heavy atom. The van der Waals surface area contributed by atoms with Crippen molar-refractivity contribution in [3.05, 3.63) is 58.6 Å². The fourth-order valence-electron chi connectivity index (χ4n) is 3.07. The summed E-state index contributed by atoms with van der Waals surface area (Å²) in [7, 11) is 0. The third-order valence-electron chi connectivity index (χ3n) is 4.24. The van der Waals surface area contributed by atoms with E-state index in [9.17, 15) is 9.90 Å². The molecule has 3 rings (SSSR count). The standard InChI is InChI=1S/C21H21ClN2O2/c1-12(2)23-20(26)11-18-13(3)17-10-16(25)7-8-19(17)24-21(18)14-5-4-6-15(22)9-14/h4-10,12,25H,11H2,1-3H3,(H,23,26). The quantitative estimate of drug-likeness (QED) is 0.705. The number of carbonyl (C=O) groups excluding carboxylic acids is 1. The van der Waals surface area contributed by atoms with Crippen LogP contribution in [0, 0.1) is 6.92 Å². The molecule has 2 aromatic carbocycles. The predicted molar refractivity (Wildman–Crippen MR) is 106 cm³/mol. The van der Waals surface area contributed by atoms with Gasteiger partial charge < -0.3 is 10.4 Å². The lowest BCUT2D eigenvalue weighted by Crippen LogP contribution is -2.31. The van der Waals surface area contributed by atoms with Gasteiger partial charge in [-0.15, -0.1) is 0 Å². The van der Waals surface area contributed by atoms with Crippen molar-refractivity contribution in [1.29, 1.82) is 0 Å². The second kappa shape index (κ2) is 7.34. The zero-order valence-corrected chi connectivity index (χ0v) is 15.8. The normalized spacial score (nSPS) is 11.1. The van der Waals surface area contributed by atoms with E-state index in [-0.39, 0.29) is 24.1 Å². The number of nitrogens with zero attached hydrogens (tertiary/aromatic N) is 1. The Morgan fingerprint density at radius 2 is 2.00 bits per heavy atom. The summed E-state index contributed by atoms with van der Waals surface area (Å²) < 4.78 is 0. The summed E-state index contributed by atoms with van der Waals surface area (Å²) in [6, 6.07) is 12.6. The molecular weight excluding hydrogens is 348 g/mol. The van der Waals surface area contributed by atoms with Gasteiger partial charge in [-0.25, -0.2) is 4.98 Å². The van der Waals surface area contributed by atoms with Crippen LogP contribution in [0.2, 0.25) is 5.02 Å². The van der Waals surface area contributed by atoms with Crippen molar-refractivity contribution < 1.29 is 9.90 Å². The first-order chi connectivity index (χ1) is 12.3. The number of pyridine rings is 1. The molecule has 0 fully saturated rings. The van der Waals surface area contributed by atoms with Gasteiger partial charge in [0.05, 0.1) is 17.6 Å². The SMILES string of the molecule is Cc1c(CC(=O)NC(C)C)c(-c2cccc(Cl)c2)nc2ccc(O)cc12. The van der Waals surface area contributed by atoms with Crippen molar-refractivity contribution >= 4 is 28.4 Å². The average Bonchev–Trinajstić information content (AvgIpc) is 2.57. The number of aryl methyl sites for hydroxylation is 1. The average molecular weight is 369 g/mol. The minimum Gasteiger partial charge on any atom is -0.508 e. The van der Waals surface area contributed by atoms with Crippen LogP contribution in [0.25, 0.3) is 22.2 Å². The van der Waals surface area contributed by atoms with E-state index in [1.165, 1.54) is 0 Å². The molecule has 1 heterocycles. The van der Waals surface area contributed by atoms with Gasteiger partial charge in [-0.1, -0.05) is 23.7 Å². The number of rotatable bonds is 4. The summed E-state index contributed by atoms with van der Waals surface area (Å²) in [6.45, 7) is 5.81. The Hall–Kier alpha value is -2.59. The summed E-state index contributed by atoms with van der Waals surface area (Å²) >= 11 is 6.16. The fourth-order valence-corrected chi connectivity index (χ4v) is 3.26. The summed E-state index contributed by atoms with van der Waals surface area (Å²) in [5.41, 5.74) is 4.14. The van der Waals surface area contributed by atoms with Crippen molar-refractivity contribution in [3.8, 4) is 17.0 Å². The third kappa shape index (κ3) is 3.81. The Bertz CT molecular complexity index is 983. The Balaban J connectivity index is 2.21. The van der Waals surface area contributed by atoms with Crippen molar-refractivity contribution in [2.75, 3.05) is 0 Å². The molecule has 2 N–H and O–H groups in total. The highest BCUT2D eigenvalue weighted by Crippen LogP contribution is 2.32. The van der Waals surface area contributed by atoms with Crippen molar-refractivity contribution in [2.24, 2.45) is 0 Å². The Labute approximate surface area is 157 Å². The van der Waals surface area contributed by atoms with Crippen LogP contribution in [0.15, 0.2) is 42.5 Å². The van der Waals surface area contributed by atoms with E-state index < -0.39 is 0 Å². The van der Waals surface area contributed by atoms with E-state index in [0.29, 0.717) is 5.02 Å². The van der Waals surface area contributed by atoms with Gasteiger partial charge in [-0.3, -0.25) is 4.79 Å². The maximum Gasteiger partial charge on any atom is 0.224 e. The molecule has 0 saturated carbocycles. The van der Waals surface area contributed by atoms with Gasteiger partial charge in [-0.05, 0) is 62.2 Å². The van der Waals surface area contributed by atoms with Crippen LogP contribution in [0.1, 0.15) is 25.0 Å². The molecule has 3 aromatic rings. The van der Waals surface area contributed by atoms with E-state index in [2.05, 4.69) is 5.32 Å². The molecule has 4 nitrogen and oxygen atoms in total. The first kappa shape index (κ1) is 18.2. The summed E-state index contributed by atoms with van der Waals surface area (Å²) in [5.74, 6) is 0.114. The summed E-state index contributed by atoms with van der Waals surface area (Å²) in [4.78, 5) is 17.2. The van der Waals surface area contributed by atoms with Gasteiger partial charge in [0.15, 0.2) is 0 Å². The molecule has 134 valence electrons. The van der Waals surface area contributed by atoms with Crippen molar-refractivity contribution in [2.45, 2.75) is 33.2 Å². The number of aromatic nitrogens is 1. The first-order valence-electron chi connectivity index (χ1n) is 8.52. The number of fused-ring (bicyclic) bond motifs is 1. The highest BCUT2D eigenvalue weighted by molar-refractivity contribution is 6.30. The molecule has 0 aliphatic heterocycles. The number of nitrogens with one attached hydrogen (secondary N) is 1. The molecule has 26 heavy (non-hydrogen) atoms. The molecule has 1 amide bonds. The van der Waals surface area contributed by atoms with Crippen LogP contribution < -0.4 is 5.32 Å². The maximum absolute atomic E-state index is 12.4. The molecule has 1 aromatic heterocycles. The number of amides is 1. The van der Waals surface area contributed by atoms with Crippen LogP contribution in [0.4, 0.5) is 0 Å². The monoisotopic (exact) mass is 368 g/mol. The van der Waals surface area contributed by atoms with E-state index in [4.69, 9.17) is 16.6 Å². The lowest BCUT2D eigenvalue weighted by molar-refractivity contribution is -0.120. The fraction of sp³-hybridized carbons (Fsp3) is 0.238. The molecule has 0 bridgehead atoms. The van der Waals surface area contributed by atoms with E-state index in [0.717, 1.165) is 33.3 Å². The van der Waals surface area contributed by atoms with Gasteiger partial charge in [-0.2, -0.15) is 0 Å². The van der Waals surface area contributed by atoms with E-state index in [1.807, 2.05) is 45.0 Å². The second-order valence-electron chi connectivity index (χ2n) is 6.67. The number of hydrogen-bond acceptors (Lipinski definition) is 3. The largest absolute Gasteiger partial charge is 0.508 e. The molecule has 0 radical (unpaired) electrons. The van der Waals surface area contributed by atoms with Crippen LogP contribution in [-0.4, -0.2) is 22.0 Å². The number of halogens is 1. The summed E-state index contributed by atoms with van der Waals surface area (Å²) in [5, 5.41) is 14.2. The molecule has 0 unspecified atom stereocenters. The van der Waals surface area contributed by atoms with Crippen molar-refractivity contribution in [3.63, 3.8) is 0 Å². The lowest BCUT2D eigenvalue weighted by atomic mass is 9.95. The highest BCUT2D eigenvalue weighted by Gasteiger charge is 2.17. The zero-order valence-electron chi connectivity index (χ0n) is 15.0. The van der Waals surface area contributed by atoms with Gasteiger partial charge in [0.1, 0.15) is 5.75 Å². The van der Waals surface area contributed by atoms with Crippen LogP contribution in [0.5, 0.6) is 5.75 Å². The molecule has 5 heteroatoms. The van der Waals surface area contributed by atoms with Gasteiger partial charge in [0, 0.05) is 22.0 Å². The molecule has 0 saturated heterocycles.